The minimum atomic E-state index is -1.00. The van der Waals surface area contributed by atoms with Crippen LogP contribution in [0.2, 0.25) is 0 Å². The first-order valence-corrected chi connectivity index (χ1v) is 13.1. The van der Waals surface area contributed by atoms with E-state index in [0.717, 1.165) is 15.6 Å². The third-order valence-electron chi connectivity index (χ3n) is 5.63. The molecule has 37 heavy (non-hydrogen) atoms. The number of amidine groups is 1. The molecule has 9 heteroatoms. The van der Waals surface area contributed by atoms with E-state index in [1.54, 1.807) is 30.2 Å². The fourth-order valence-corrected chi connectivity index (χ4v) is 5.07. The average Bonchev–Trinajstić information content (AvgIpc) is 3.18. The highest BCUT2D eigenvalue weighted by Gasteiger charge is 2.32. The van der Waals surface area contributed by atoms with Crippen molar-refractivity contribution in [1.82, 2.24) is 4.90 Å². The molecule has 0 atom stereocenters. The Morgan fingerprint density at radius 1 is 1.11 bits per heavy atom. The van der Waals surface area contributed by atoms with Gasteiger partial charge in [-0.2, -0.15) is 0 Å². The maximum absolute atomic E-state index is 13.1. The fourth-order valence-electron chi connectivity index (χ4n) is 3.58. The van der Waals surface area contributed by atoms with Gasteiger partial charge in [0, 0.05) is 11.0 Å². The summed E-state index contributed by atoms with van der Waals surface area (Å²) in [6.45, 7) is 4.77. The molecule has 1 aliphatic heterocycles. The summed E-state index contributed by atoms with van der Waals surface area (Å²) in [5.74, 6) is -0.0151. The highest BCUT2D eigenvalue weighted by atomic mass is 79.9. The van der Waals surface area contributed by atoms with Crippen molar-refractivity contribution in [2.24, 2.45) is 4.99 Å². The summed E-state index contributed by atoms with van der Waals surface area (Å²) in [6, 6.07) is 18.0. The number of carbonyl (C=O) groups is 2. The second-order valence-electron chi connectivity index (χ2n) is 8.21. The molecule has 0 aliphatic carbocycles. The zero-order chi connectivity index (χ0) is 26.5. The molecule has 4 rings (SSSR count). The quantitative estimate of drug-likeness (QED) is 0.299. The fraction of sp³-hybridized carbons (Fsp3) is 0.179. The summed E-state index contributed by atoms with van der Waals surface area (Å²) in [5.41, 5.74) is 3.74. The van der Waals surface area contributed by atoms with Crippen molar-refractivity contribution in [3.8, 4) is 11.5 Å². The van der Waals surface area contributed by atoms with Gasteiger partial charge in [-0.3, -0.25) is 9.69 Å². The van der Waals surface area contributed by atoms with Crippen molar-refractivity contribution >= 4 is 56.5 Å². The normalized spacial score (nSPS) is 15.5. The maximum atomic E-state index is 13.1. The number of aromatic carboxylic acids is 1. The molecule has 3 aromatic rings. The molecule has 1 N–H and O–H groups in total. The number of likely N-dealkylation sites (N-methyl/N-ethyl adjacent to an activating group) is 1. The van der Waals surface area contributed by atoms with Crippen LogP contribution in [0.5, 0.6) is 11.5 Å². The zero-order valence-corrected chi connectivity index (χ0v) is 22.9. The van der Waals surface area contributed by atoms with E-state index in [0.29, 0.717) is 40.4 Å². The van der Waals surface area contributed by atoms with E-state index in [9.17, 15) is 9.59 Å². The lowest BCUT2D eigenvalue weighted by Gasteiger charge is -2.13. The molecule has 0 unspecified atom stereocenters. The van der Waals surface area contributed by atoms with Crippen LogP contribution in [-0.2, 0) is 11.4 Å². The van der Waals surface area contributed by atoms with Gasteiger partial charge < -0.3 is 14.6 Å². The van der Waals surface area contributed by atoms with Crippen molar-refractivity contribution in [1.29, 1.82) is 0 Å². The summed E-state index contributed by atoms with van der Waals surface area (Å²) in [7, 11) is 1.58. The van der Waals surface area contributed by atoms with Gasteiger partial charge in [0.25, 0.3) is 5.91 Å². The summed E-state index contributed by atoms with van der Waals surface area (Å²) >= 11 is 4.87. The molecule has 1 amide bonds. The van der Waals surface area contributed by atoms with Crippen molar-refractivity contribution < 1.29 is 24.2 Å². The molecule has 0 aromatic heterocycles. The largest absolute Gasteiger partial charge is 0.493 e. The second kappa shape index (κ2) is 11.7. The van der Waals surface area contributed by atoms with Crippen LogP contribution in [0.3, 0.4) is 0 Å². The predicted octanol–water partition coefficient (Wildman–Crippen LogP) is 6.67. The lowest BCUT2D eigenvalue weighted by molar-refractivity contribution is -0.122. The van der Waals surface area contributed by atoms with Crippen LogP contribution >= 0.6 is 27.7 Å². The standard InChI is InChI=1S/C28H25BrN2O5S/c1-4-31-26(32)25(37-28(31)30-21-11-9-19(10-12-21)27(33)34)14-20-13-23(35-3)24(15-22(20)29)36-16-18-7-5-17(2)6-8-18/h5-15H,4,16H2,1-3H3,(H,33,34)/b25-14-,30-28?. The Morgan fingerprint density at radius 2 is 1.81 bits per heavy atom. The predicted molar refractivity (Wildman–Crippen MR) is 150 cm³/mol. The van der Waals surface area contributed by atoms with Crippen molar-refractivity contribution in [3.63, 3.8) is 0 Å². The first-order chi connectivity index (χ1) is 17.8. The molecule has 1 heterocycles. The topological polar surface area (TPSA) is 88.4 Å². The monoisotopic (exact) mass is 580 g/mol. The Kier molecular flexibility index (Phi) is 8.35. The summed E-state index contributed by atoms with van der Waals surface area (Å²) in [4.78, 5) is 30.9. The lowest BCUT2D eigenvalue weighted by Crippen LogP contribution is -2.28. The van der Waals surface area contributed by atoms with Gasteiger partial charge >= 0.3 is 5.97 Å². The number of benzene rings is 3. The van der Waals surface area contributed by atoms with Crippen LogP contribution in [-0.4, -0.2) is 40.7 Å². The first-order valence-electron chi connectivity index (χ1n) is 11.5. The summed E-state index contributed by atoms with van der Waals surface area (Å²) in [5, 5.41) is 9.63. The Labute approximate surface area is 227 Å². The van der Waals surface area contributed by atoms with Crippen LogP contribution in [0.25, 0.3) is 6.08 Å². The highest BCUT2D eigenvalue weighted by Crippen LogP contribution is 2.39. The molecular formula is C28H25BrN2O5S. The number of ether oxygens (including phenoxy) is 2. The Morgan fingerprint density at radius 3 is 2.43 bits per heavy atom. The SMILES string of the molecule is CCN1C(=O)/C(=C/c2cc(OC)c(OCc3ccc(C)cc3)cc2Br)SC1=Nc1ccc(C(=O)O)cc1. The number of hydrogen-bond acceptors (Lipinski definition) is 6. The van der Waals surface area contributed by atoms with Crippen molar-refractivity contribution in [2.75, 3.05) is 13.7 Å². The van der Waals surface area contributed by atoms with Crippen LogP contribution in [0, 0.1) is 6.92 Å². The number of nitrogens with zero attached hydrogens (tertiary/aromatic N) is 2. The number of aliphatic imine (C=N–C) groups is 1. The molecule has 1 fully saturated rings. The van der Waals surface area contributed by atoms with Gasteiger partial charge in [0.15, 0.2) is 16.7 Å². The molecule has 1 saturated heterocycles. The molecule has 3 aromatic carbocycles. The molecule has 7 nitrogen and oxygen atoms in total. The molecule has 1 aliphatic rings. The number of carboxylic acid groups (broad SMARTS) is 1. The first kappa shape index (κ1) is 26.5. The average molecular weight is 581 g/mol. The zero-order valence-electron chi connectivity index (χ0n) is 20.5. The Hall–Kier alpha value is -3.56. The van der Waals surface area contributed by atoms with E-state index in [4.69, 9.17) is 14.6 Å². The number of thioether (sulfide) groups is 1. The van der Waals surface area contributed by atoms with Gasteiger partial charge in [-0.15, -0.1) is 0 Å². The number of aryl methyl sites for hydroxylation is 1. The molecule has 0 bridgehead atoms. The number of methoxy groups -OCH3 is 1. The number of carboxylic acids is 1. The molecule has 0 spiro atoms. The Balaban J connectivity index is 1.57. The number of carbonyl (C=O) groups excluding carboxylic acids is 1. The lowest BCUT2D eigenvalue weighted by atomic mass is 10.1. The van der Waals surface area contributed by atoms with Gasteiger partial charge in [-0.25, -0.2) is 9.79 Å². The summed E-state index contributed by atoms with van der Waals surface area (Å²) in [6.07, 6.45) is 1.79. The second-order valence-corrected chi connectivity index (χ2v) is 10.1. The number of rotatable bonds is 8. The molecule has 190 valence electrons. The molecule has 0 saturated carbocycles. The third kappa shape index (κ3) is 6.23. The van der Waals surface area contributed by atoms with Crippen LogP contribution in [0.1, 0.15) is 34.0 Å². The third-order valence-corrected chi connectivity index (χ3v) is 7.32. The highest BCUT2D eigenvalue weighted by molar-refractivity contribution is 9.10. The smallest absolute Gasteiger partial charge is 0.335 e. The van der Waals surface area contributed by atoms with Crippen LogP contribution < -0.4 is 9.47 Å². The van der Waals surface area contributed by atoms with E-state index < -0.39 is 5.97 Å². The van der Waals surface area contributed by atoms with Gasteiger partial charge in [-0.05, 0) is 79.2 Å². The van der Waals surface area contributed by atoms with Crippen LogP contribution in [0.4, 0.5) is 5.69 Å². The Bertz CT molecular complexity index is 1380. The summed E-state index contributed by atoms with van der Waals surface area (Å²) < 4.78 is 12.3. The van der Waals surface area contributed by atoms with Gasteiger partial charge in [0.05, 0.1) is 23.3 Å². The van der Waals surface area contributed by atoms with E-state index in [2.05, 4.69) is 20.9 Å². The van der Waals surface area contributed by atoms with E-state index in [1.165, 1.54) is 29.5 Å². The maximum Gasteiger partial charge on any atom is 0.335 e. The van der Waals surface area contributed by atoms with Gasteiger partial charge in [-0.1, -0.05) is 45.8 Å². The van der Waals surface area contributed by atoms with E-state index in [-0.39, 0.29) is 11.5 Å². The van der Waals surface area contributed by atoms with E-state index in [1.807, 2.05) is 50.2 Å². The minimum Gasteiger partial charge on any atom is -0.493 e. The molecular weight excluding hydrogens is 556 g/mol. The number of hydrogen-bond donors (Lipinski definition) is 1. The minimum absolute atomic E-state index is 0.154. The van der Waals surface area contributed by atoms with Crippen molar-refractivity contribution in [3.05, 3.63) is 92.3 Å². The van der Waals surface area contributed by atoms with Crippen LogP contribution in [0.15, 0.2) is 75.0 Å². The van der Waals surface area contributed by atoms with Crippen molar-refractivity contribution in [2.45, 2.75) is 20.5 Å². The van der Waals surface area contributed by atoms with Gasteiger partial charge in [0.2, 0.25) is 0 Å². The number of halogens is 1. The molecule has 0 radical (unpaired) electrons. The van der Waals surface area contributed by atoms with Gasteiger partial charge in [0.1, 0.15) is 6.61 Å². The van der Waals surface area contributed by atoms with E-state index >= 15 is 0 Å². The number of amides is 1.